The van der Waals surface area contributed by atoms with E-state index in [2.05, 4.69) is 15.3 Å². The van der Waals surface area contributed by atoms with Gasteiger partial charge in [0, 0.05) is 25.5 Å². The van der Waals surface area contributed by atoms with Gasteiger partial charge in [-0.05, 0) is 32.0 Å². The summed E-state index contributed by atoms with van der Waals surface area (Å²) >= 11 is 6.11. The molecule has 1 heterocycles. The van der Waals surface area contributed by atoms with Gasteiger partial charge in [-0.25, -0.2) is 9.97 Å². The van der Waals surface area contributed by atoms with E-state index in [9.17, 15) is 0 Å². The summed E-state index contributed by atoms with van der Waals surface area (Å²) < 4.78 is 0. The molecule has 0 aliphatic rings. The van der Waals surface area contributed by atoms with Gasteiger partial charge in [-0.15, -0.1) is 0 Å². The maximum Gasteiger partial charge on any atom is 0.172 e. The van der Waals surface area contributed by atoms with Crippen LogP contribution in [0.1, 0.15) is 11.4 Å². The van der Waals surface area contributed by atoms with E-state index in [0.29, 0.717) is 11.0 Å². The zero-order chi connectivity index (χ0) is 14.0. The van der Waals surface area contributed by atoms with Crippen molar-refractivity contribution in [3.63, 3.8) is 0 Å². The maximum absolute atomic E-state index is 6.11. The summed E-state index contributed by atoms with van der Waals surface area (Å²) in [7, 11) is 4.00. The zero-order valence-corrected chi connectivity index (χ0v) is 12.3. The predicted octanol–water partition coefficient (Wildman–Crippen LogP) is 3.56. The van der Waals surface area contributed by atoms with E-state index in [0.717, 1.165) is 22.8 Å². The SMILES string of the molecule is Cc1nc(Cl)c(Nc2cccc(N(C)C)c2)nc1C. The third-order valence-corrected chi connectivity index (χ3v) is 3.15. The molecule has 0 amide bonds. The molecular formula is C14H17ClN4. The molecule has 0 spiro atoms. The minimum atomic E-state index is 0.387. The predicted molar refractivity (Wildman–Crippen MR) is 80.6 cm³/mol. The number of nitrogens with one attached hydrogen (secondary N) is 1. The first kappa shape index (κ1) is 13.6. The van der Waals surface area contributed by atoms with E-state index in [1.54, 1.807) is 0 Å². The van der Waals surface area contributed by atoms with Gasteiger partial charge in [-0.2, -0.15) is 0 Å². The molecule has 100 valence electrons. The second-order valence-corrected chi connectivity index (χ2v) is 4.96. The molecule has 19 heavy (non-hydrogen) atoms. The van der Waals surface area contributed by atoms with Gasteiger partial charge in [-0.1, -0.05) is 17.7 Å². The number of nitrogens with zero attached hydrogens (tertiary/aromatic N) is 3. The highest BCUT2D eigenvalue weighted by Crippen LogP contribution is 2.25. The highest BCUT2D eigenvalue weighted by Gasteiger charge is 2.07. The zero-order valence-electron chi connectivity index (χ0n) is 11.5. The lowest BCUT2D eigenvalue weighted by Gasteiger charge is -2.14. The fourth-order valence-corrected chi connectivity index (χ4v) is 1.87. The number of hydrogen-bond acceptors (Lipinski definition) is 4. The molecule has 0 fully saturated rings. The molecule has 4 nitrogen and oxygen atoms in total. The summed E-state index contributed by atoms with van der Waals surface area (Å²) in [6, 6.07) is 8.03. The van der Waals surface area contributed by atoms with Crippen molar-refractivity contribution in [1.82, 2.24) is 9.97 Å². The Balaban J connectivity index is 2.31. The Morgan fingerprint density at radius 3 is 2.47 bits per heavy atom. The molecule has 1 aromatic carbocycles. The van der Waals surface area contributed by atoms with Crippen LogP contribution in [0.25, 0.3) is 0 Å². The smallest absolute Gasteiger partial charge is 0.172 e. The van der Waals surface area contributed by atoms with E-state index >= 15 is 0 Å². The van der Waals surface area contributed by atoms with E-state index in [1.807, 2.05) is 57.1 Å². The Labute approximate surface area is 118 Å². The Bertz CT molecular complexity index is 596. The second-order valence-electron chi connectivity index (χ2n) is 4.60. The van der Waals surface area contributed by atoms with Crippen LogP contribution in [0.2, 0.25) is 5.15 Å². The number of hydrogen-bond donors (Lipinski definition) is 1. The van der Waals surface area contributed by atoms with Crippen LogP contribution in [0.4, 0.5) is 17.2 Å². The van der Waals surface area contributed by atoms with Crippen molar-refractivity contribution in [2.75, 3.05) is 24.3 Å². The summed E-state index contributed by atoms with van der Waals surface area (Å²) in [6.45, 7) is 3.81. The van der Waals surface area contributed by atoms with Crippen molar-refractivity contribution < 1.29 is 0 Å². The van der Waals surface area contributed by atoms with Crippen LogP contribution in [0.3, 0.4) is 0 Å². The average Bonchev–Trinajstić information content (AvgIpc) is 2.36. The molecule has 0 unspecified atom stereocenters. The Hall–Kier alpha value is -1.81. The lowest BCUT2D eigenvalue weighted by molar-refractivity contribution is 1.05. The maximum atomic E-state index is 6.11. The molecule has 2 aromatic rings. The Morgan fingerprint density at radius 1 is 1.11 bits per heavy atom. The van der Waals surface area contributed by atoms with Gasteiger partial charge in [0.15, 0.2) is 11.0 Å². The van der Waals surface area contributed by atoms with E-state index in [-0.39, 0.29) is 0 Å². The number of halogens is 1. The number of aromatic nitrogens is 2. The molecule has 0 aliphatic carbocycles. The lowest BCUT2D eigenvalue weighted by atomic mass is 10.2. The standard InChI is InChI=1S/C14H17ClN4/c1-9-10(2)17-14(13(15)16-9)18-11-6-5-7-12(8-11)19(3)4/h5-8H,1-4H3,(H,17,18). The number of rotatable bonds is 3. The van der Waals surface area contributed by atoms with Crippen molar-refractivity contribution in [2.45, 2.75) is 13.8 Å². The van der Waals surface area contributed by atoms with Crippen LogP contribution >= 0.6 is 11.6 Å². The first-order valence-electron chi connectivity index (χ1n) is 6.02. The van der Waals surface area contributed by atoms with Gasteiger partial charge < -0.3 is 10.2 Å². The van der Waals surface area contributed by atoms with Crippen LogP contribution in [0.15, 0.2) is 24.3 Å². The lowest BCUT2D eigenvalue weighted by Crippen LogP contribution is -2.08. The summed E-state index contributed by atoms with van der Waals surface area (Å²) in [5, 5.41) is 3.59. The highest BCUT2D eigenvalue weighted by molar-refractivity contribution is 6.31. The highest BCUT2D eigenvalue weighted by atomic mass is 35.5. The number of aryl methyl sites for hydroxylation is 2. The van der Waals surface area contributed by atoms with E-state index < -0.39 is 0 Å². The third kappa shape index (κ3) is 3.15. The fourth-order valence-electron chi connectivity index (χ4n) is 1.65. The summed E-state index contributed by atoms with van der Waals surface area (Å²) in [5.41, 5.74) is 3.76. The minimum absolute atomic E-state index is 0.387. The molecule has 0 radical (unpaired) electrons. The molecule has 0 saturated heterocycles. The second kappa shape index (κ2) is 5.45. The van der Waals surface area contributed by atoms with Crippen molar-refractivity contribution >= 4 is 28.8 Å². The normalized spacial score (nSPS) is 10.4. The molecule has 5 heteroatoms. The first-order chi connectivity index (χ1) is 8.97. The molecule has 1 N–H and O–H groups in total. The van der Waals surface area contributed by atoms with Gasteiger partial charge in [-0.3, -0.25) is 0 Å². The summed E-state index contributed by atoms with van der Waals surface area (Å²) in [4.78, 5) is 10.7. The molecule has 0 saturated carbocycles. The summed E-state index contributed by atoms with van der Waals surface area (Å²) in [5.74, 6) is 0.584. The topological polar surface area (TPSA) is 41.1 Å². The van der Waals surface area contributed by atoms with E-state index in [1.165, 1.54) is 0 Å². The minimum Gasteiger partial charge on any atom is -0.378 e. The number of anilines is 3. The van der Waals surface area contributed by atoms with Crippen LogP contribution < -0.4 is 10.2 Å². The molecule has 0 aliphatic heterocycles. The monoisotopic (exact) mass is 276 g/mol. The molecular weight excluding hydrogens is 260 g/mol. The quantitative estimate of drug-likeness (QED) is 0.931. The Morgan fingerprint density at radius 2 is 1.79 bits per heavy atom. The van der Waals surface area contributed by atoms with E-state index in [4.69, 9.17) is 11.6 Å². The van der Waals surface area contributed by atoms with Gasteiger partial charge in [0.25, 0.3) is 0 Å². The van der Waals surface area contributed by atoms with Crippen LogP contribution in [-0.2, 0) is 0 Å². The van der Waals surface area contributed by atoms with Crippen molar-refractivity contribution in [2.24, 2.45) is 0 Å². The summed E-state index contributed by atoms with van der Waals surface area (Å²) in [6.07, 6.45) is 0. The first-order valence-corrected chi connectivity index (χ1v) is 6.40. The van der Waals surface area contributed by atoms with Crippen molar-refractivity contribution in [1.29, 1.82) is 0 Å². The molecule has 1 aromatic heterocycles. The molecule has 0 bridgehead atoms. The van der Waals surface area contributed by atoms with Gasteiger partial charge in [0.1, 0.15) is 0 Å². The van der Waals surface area contributed by atoms with Gasteiger partial charge in [0.05, 0.1) is 11.4 Å². The third-order valence-electron chi connectivity index (χ3n) is 2.89. The molecule has 2 rings (SSSR count). The average molecular weight is 277 g/mol. The van der Waals surface area contributed by atoms with Gasteiger partial charge in [0.2, 0.25) is 0 Å². The Kier molecular flexibility index (Phi) is 3.90. The number of benzene rings is 1. The fraction of sp³-hybridized carbons (Fsp3) is 0.286. The van der Waals surface area contributed by atoms with Crippen molar-refractivity contribution in [3.05, 3.63) is 40.8 Å². The van der Waals surface area contributed by atoms with Gasteiger partial charge >= 0.3 is 0 Å². The van der Waals surface area contributed by atoms with Crippen LogP contribution in [0.5, 0.6) is 0 Å². The largest absolute Gasteiger partial charge is 0.378 e. The molecule has 0 atom stereocenters. The van der Waals surface area contributed by atoms with Crippen molar-refractivity contribution in [3.8, 4) is 0 Å². The van der Waals surface area contributed by atoms with Crippen LogP contribution in [0, 0.1) is 13.8 Å². The van der Waals surface area contributed by atoms with Crippen LogP contribution in [-0.4, -0.2) is 24.1 Å².